The molecule has 2 aromatic carbocycles. The van der Waals surface area contributed by atoms with Crippen LogP contribution in [0.5, 0.6) is 0 Å². The fourth-order valence-electron chi connectivity index (χ4n) is 1.42. The Morgan fingerprint density at radius 1 is 0.478 bits per heavy atom. The Hall–Kier alpha value is 0.708. The maximum atomic E-state index is 10.1. The Labute approximate surface area is 178 Å². The van der Waals surface area contributed by atoms with Crippen molar-refractivity contribution in [1.82, 2.24) is 0 Å². The molecule has 0 bridgehead atoms. The Morgan fingerprint density at radius 3 is 0.913 bits per heavy atom. The maximum absolute atomic E-state index is 10.1. The predicted octanol–water partition coefficient (Wildman–Crippen LogP) is -1.84. The van der Waals surface area contributed by atoms with Crippen LogP contribution in [0.15, 0.2) is 60.7 Å². The third kappa shape index (κ3) is 11.8. The van der Waals surface area contributed by atoms with Gasteiger partial charge in [-0.2, -0.15) is 0 Å². The third-order valence-corrected chi connectivity index (χ3v) is 4.27. The molecule has 0 heterocycles. The molecular weight excluding hydrogens is 491 g/mol. The van der Waals surface area contributed by atoms with Crippen molar-refractivity contribution in [3.8, 4) is 0 Å². The minimum absolute atomic E-state index is 0. The summed E-state index contributed by atoms with van der Waals surface area (Å²) in [7, 11) is -3.15. The maximum Gasteiger partial charge on any atom is 0.333 e. The van der Waals surface area contributed by atoms with Crippen LogP contribution in [0.3, 0.4) is 0 Å². The van der Waals surface area contributed by atoms with E-state index in [-0.39, 0.29) is 90.2 Å². The molecule has 0 saturated heterocycles. The fourth-order valence-corrected chi connectivity index (χ4v) is 2.89. The summed E-state index contributed by atoms with van der Waals surface area (Å²) in [6.45, 7) is 0. The van der Waals surface area contributed by atoms with E-state index >= 15 is 0 Å². The van der Waals surface area contributed by atoms with Gasteiger partial charge >= 0.3 is 7.72 Å². The van der Waals surface area contributed by atoms with Crippen molar-refractivity contribution >= 4 is 18.3 Å². The van der Waals surface area contributed by atoms with Crippen molar-refractivity contribution in [1.29, 1.82) is 0 Å². The molecule has 6 nitrogen and oxygen atoms in total. The molecule has 2 rings (SSSR count). The summed E-state index contributed by atoms with van der Waals surface area (Å²) < 4.78 is 0. The molecule has 0 aliphatic carbocycles. The summed E-state index contributed by atoms with van der Waals surface area (Å²) in [4.78, 5) is 20.2. The Morgan fingerprint density at radius 2 is 0.696 bits per heavy atom. The average Bonchev–Trinajstić information content (AvgIpc) is 2.31. The van der Waals surface area contributed by atoms with Gasteiger partial charge in [0.1, 0.15) is 0 Å². The monoisotopic (exact) mass is 511 g/mol. The fraction of sp³-hybridized carbons (Fsp3) is 0. The first kappa shape index (κ1) is 43.8. The first-order valence-electron chi connectivity index (χ1n) is 4.67. The van der Waals surface area contributed by atoms with Crippen molar-refractivity contribution in [2.75, 3.05) is 0 Å². The molecule has 0 aromatic heterocycles. The zero-order chi connectivity index (χ0) is 10.7. The van der Waals surface area contributed by atoms with E-state index in [0.717, 1.165) is 0 Å². The second-order valence-electron chi connectivity index (χ2n) is 3.27. The van der Waals surface area contributed by atoms with Crippen LogP contribution >= 0.6 is 7.72 Å². The zero-order valence-electron chi connectivity index (χ0n) is 11.6. The topological polar surface area (TPSA) is 166 Å². The molecule has 23 heavy (non-hydrogen) atoms. The molecule has 0 atom stereocenters. The van der Waals surface area contributed by atoms with Gasteiger partial charge in [0.2, 0.25) is 0 Å². The summed E-state index contributed by atoms with van der Waals surface area (Å²) in [6, 6.07) is 17.9. The quantitative estimate of drug-likeness (QED) is 0.358. The van der Waals surface area contributed by atoms with E-state index in [2.05, 4.69) is 0 Å². The van der Waals surface area contributed by atoms with Crippen LogP contribution in [0, 0.1) is 0 Å². The Balaban J connectivity index is -0.0000000640. The van der Waals surface area contributed by atoms with Crippen LogP contribution in [0.25, 0.3) is 0 Å². The summed E-state index contributed by atoms with van der Waals surface area (Å²) >= 11 is 0. The second kappa shape index (κ2) is 20.8. The molecule has 136 valence electrons. The largest absolute Gasteiger partial charge is 0.412 e. The van der Waals surface area contributed by atoms with E-state index in [9.17, 15) is 9.79 Å². The summed E-state index contributed by atoms with van der Waals surface area (Å²) in [5.41, 5.74) is 0. The first-order valence-corrected chi connectivity index (χ1v) is 6.36. The van der Waals surface area contributed by atoms with Gasteiger partial charge in [-0.25, -0.2) is 9.79 Å². The Bertz CT molecular complexity index is 408. The van der Waals surface area contributed by atoms with Gasteiger partial charge in [0.05, 0.1) is 0 Å². The van der Waals surface area contributed by atoms with Crippen LogP contribution in [-0.4, -0.2) is 31.7 Å². The molecule has 0 aliphatic rings. The molecule has 0 unspecified atom stereocenters. The molecule has 4 radical (unpaired) electrons. The van der Waals surface area contributed by atoms with Crippen LogP contribution < -0.4 is 10.6 Å². The molecular formula is C12H20Mn4O6P+. The van der Waals surface area contributed by atoms with Crippen molar-refractivity contribution in [2.24, 2.45) is 0 Å². The van der Waals surface area contributed by atoms with E-state index < -0.39 is 7.72 Å². The Kier molecular flexibility index (Phi) is 39.5. The zero-order valence-corrected chi connectivity index (χ0v) is 17.2. The average molecular weight is 511 g/mol. The van der Waals surface area contributed by atoms with E-state index in [1.807, 2.05) is 12.1 Å². The number of hydrogen-bond donors (Lipinski definition) is 2. The summed E-state index contributed by atoms with van der Waals surface area (Å²) in [5, 5.41) is 1.16. The summed E-state index contributed by atoms with van der Waals surface area (Å²) in [6.07, 6.45) is 0. The molecule has 0 aliphatic heterocycles. The van der Waals surface area contributed by atoms with Crippen molar-refractivity contribution in [3.63, 3.8) is 0 Å². The van der Waals surface area contributed by atoms with Gasteiger partial charge < -0.3 is 21.9 Å². The SMILES string of the molecule is O.O.O.O.O[P+](O)(c1ccccc1)c1ccccc1.[Mn].[Mn].[Mn].[Mn]. The number of hydrogen-bond acceptors (Lipinski definition) is 2. The summed E-state index contributed by atoms with van der Waals surface area (Å²) in [5.74, 6) is 0. The van der Waals surface area contributed by atoms with Crippen LogP contribution in [0.1, 0.15) is 0 Å². The molecule has 0 spiro atoms. The van der Waals surface area contributed by atoms with Crippen LogP contribution in [0.2, 0.25) is 0 Å². The number of rotatable bonds is 2. The first-order chi connectivity index (χ1) is 7.21. The van der Waals surface area contributed by atoms with E-state index in [4.69, 9.17) is 0 Å². The van der Waals surface area contributed by atoms with Gasteiger partial charge in [-0.05, 0) is 24.3 Å². The normalized spacial score (nSPS) is 7.39. The smallest absolute Gasteiger partial charge is 0.333 e. The predicted molar refractivity (Wildman–Crippen MR) is 78.0 cm³/mol. The standard InChI is InChI=1S/C12H12O2P.4Mn.4H2O/c13-15(14,11-7-3-1-4-8-11)12-9-5-2-6-10-12;;;;;;;;/h1-10,13-14H;;;;;4*1H2/q+1;;;;;;;;. The van der Waals surface area contributed by atoms with Gasteiger partial charge in [0.25, 0.3) is 0 Å². The van der Waals surface area contributed by atoms with Crippen LogP contribution in [0.4, 0.5) is 0 Å². The van der Waals surface area contributed by atoms with Gasteiger partial charge in [-0.1, -0.05) is 36.4 Å². The minimum Gasteiger partial charge on any atom is -0.412 e. The molecule has 2 aromatic rings. The van der Waals surface area contributed by atoms with Crippen molar-refractivity contribution in [2.45, 2.75) is 0 Å². The molecule has 0 fully saturated rings. The molecule has 10 N–H and O–H groups in total. The van der Waals surface area contributed by atoms with Gasteiger partial charge in [-0.15, -0.1) is 0 Å². The molecule has 11 heteroatoms. The molecule has 0 amide bonds. The van der Waals surface area contributed by atoms with Crippen LogP contribution in [-0.2, 0) is 68.3 Å². The van der Waals surface area contributed by atoms with Crippen molar-refractivity contribution in [3.05, 3.63) is 60.7 Å². The third-order valence-electron chi connectivity index (χ3n) is 2.23. The number of benzene rings is 2. The van der Waals surface area contributed by atoms with E-state index in [1.54, 1.807) is 48.5 Å². The molecule has 0 saturated carbocycles. The second-order valence-corrected chi connectivity index (χ2v) is 5.51. The van der Waals surface area contributed by atoms with Gasteiger partial charge in [0.15, 0.2) is 10.6 Å². The van der Waals surface area contributed by atoms with Gasteiger partial charge in [0, 0.05) is 68.3 Å². The van der Waals surface area contributed by atoms with Gasteiger partial charge in [-0.3, -0.25) is 0 Å². The van der Waals surface area contributed by atoms with E-state index in [0.29, 0.717) is 10.6 Å². The van der Waals surface area contributed by atoms with Crippen molar-refractivity contribution < 1.29 is 100.0 Å². The van der Waals surface area contributed by atoms with E-state index in [1.165, 1.54) is 0 Å². The minimum atomic E-state index is -3.15.